The van der Waals surface area contributed by atoms with E-state index in [0.29, 0.717) is 29.8 Å². The van der Waals surface area contributed by atoms with Gasteiger partial charge in [-0.05, 0) is 55.3 Å². The highest BCUT2D eigenvalue weighted by Crippen LogP contribution is 2.27. The minimum absolute atomic E-state index is 0.0404. The Hall–Kier alpha value is -3.13. The smallest absolute Gasteiger partial charge is 0.229 e. The van der Waals surface area contributed by atoms with Gasteiger partial charge in [-0.1, -0.05) is 24.3 Å². The highest BCUT2D eigenvalue weighted by atomic mass is 32.2. The third-order valence-electron chi connectivity index (χ3n) is 5.28. The fraction of sp³-hybridized carbons (Fsp3) is 0.273. The summed E-state index contributed by atoms with van der Waals surface area (Å²) >= 11 is 0. The Morgan fingerprint density at radius 2 is 1.51 bits per heavy atom. The minimum Gasteiger partial charge on any atom is -0.338 e. The Balaban J connectivity index is 1.38. The molecule has 0 aliphatic heterocycles. The van der Waals surface area contributed by atoms with Crippen LogP contribution in [0.4, 0.5) is 27.5 Å². The molecule has 3 aromatic rings. The molecule has 4 rings (SSSR count). The molecule has 0 saturated heterocycles. The molecule has 0 amide bonds. The van der Waals surface area contributed by atoms with E-state index in [1.807, 2.05) is 0 Å². The standard InChI is InChI=1S/C22H25FN6O4S2/c1-24-34(30,31)14-16-4-8-18(9-5-16)28-22-25-13-20(23)21(29-22)27-17-6-2-15(3-7-17)12-26-35(32,33)19-10-11-19/h2-9,13,19,24,26H,10-12,14H2,1H3,(H2,25,27,28,29). The quantitative estimate of drug-likeness (QED) is 0.302. The molecule has 4 N–H and O–H groups in total. The van der Waals surface area contributed by atoms with Gasteiger partial charge in [0.1, 0.15) is 0 Å². The van der Waals surface area contributed by atoms with Crippen molar-refractivity contribution < 1.29 is 21.2 Å². The summed E-state index contributed by atoms with van der Waals surface area (Å²) in [6, 6.07) is 13.6. The Morgan fingerprint density at radius 3 is 2.11 bits per heavy atom. The Labute approximate surface area is 203 Å². The number of aromatic nitrogens is 2. The van der Waals surface area contributed by atoms with E-state index < -0.39 is 25.9 Å². The van der Waals surface area contributed by atoms with Crippen molar-refractivity contribution in [1.82, 2.24) is 19.4 Å². The van der Waals surface area contributed by atoms with Crippen molar-refractivity contribution in [2.24, 2.45) is 0 Å². The van der Waals surface area contributed by atoms with Crippen LogP contribution in [0.15, 0.2) is 54.7 Å². The first-order chi connectivity index (χ1) is 16.6. The number of nitrogens with zero attached hydrogens (tertiary/aromatic N) is 2. The number of benzene rings is 2. The van der Waals surface area contributed by atoms with Crippen molar-refractivity contribution in [3.8, 4) is 0 Å². The number of halogens is 1. The monoisotopic (exact) mass is 520 g/mol. The van der Waals surface area contributed by atoms with E-state index in [0.717, 1.165) is 11.8 Å². The van der Waals surface area contributed by atoms with Crippen molar-refractivity contribution in [2.75, 3.05) is 17.7 Å². The van der Waals surface area contributed by atoms with Gasteiger partial charge in [-0.3, -0.25) is 0 Å². The molecule has 1 aliphatic carbocycles. The number of anilines is 4. The molecule has 35 heavy (non-hydrogen) atoms. The first kappa shape index (κ1) is 25.0. The van der Waals surface area contributed by atoms with Crippen molar-refractivity contribution in [3.05, 3.63) is 71.7 Å². The maximum Gasteiger partial charge on any atom is 0.229 e. The first-order valence-electron chi connectivity index (χ1n) is 10.8. The molecular weight excluding hydrogens is 495 g/mol. The van der Waals surface area contributed by atoms with Crippen molar-refractivity contribution in [2.45, 2.75) is 30.4 Å². The third-order valence-corrected chi connectivity index (χ3v) is 8.51. The molecular formula is C22H25FN6O4S2. The van der Waals surface area contributed by atoms with Crippen LogP contribution in [0, 0.1) is 5.82 Å². The van der Waals surface area contributed by atoms with E-state index in [4.69, 9.17) is 0 Å². The van der Waals surface area contributed by atoms with Gasteiger partial charge in [0, 0.05) is 17.9 Å². The van der Waals surface area contributed by atoms with E-state index in [-0.39, 0.29) is 29.3 Å². The first-order valence-corrected chi connectivity index (χ1v) is 14.0. The van der Waals surface area contributed by atoms with Crippen molar-refractivity contribution in [3.63, 3.8) is 0 Å². The van der Waals surface area contributed by atoms with Crippen LogP contribution >= 0.6 is 0 Å². The predicted octanol–water partition coefficient (Wildman–Crippen LogP) is 2.73. The van der Waals surface area contributed by atoms with Crippen LogP contribution in [0.2, 0.25) is 0 Å². The zero-order valence-corrected chi connectivity index (χ0v) is 20.5. The van der Waals surface area contributed by atoms with Crippen LogP contribution < -0.4 is 20.1 Å². The maximum absolute atomic E-state index is 14.3. The Kier molecular flexibility index (Phi) is 7.31. The molecule has 0 unspecified atom stereocenters. The summed E-state index contributed by atoms with van der Waals surface area (Å²) in [6.07, 6.45) is 2.43. The number of hydrogen-bond acceptors (Lipinski definition) is 8. The molecule has 0 atom stereocenters. The molecule has 2 aromatic carbocycles. The summed E-state index contributed by atoms with van der Waals surface area (Å²) < 4.78 is 66.4. The summed E-state index contributed by atoms with van der Waals surface area (Å²) in [5.74, 6) is -0.683. The van der Waals surface area contributed by atoms with Crippen molar-refractivity contribution >= 4 is 43.2 Å². The molecule has 1 fully saturated rings. The van der Waals surface area contributed by atoms with Gasteiger partial charge in [-0.2, -0.15) is 4.98 Å². The fourth-order valence-corrected chi connectivity index (χ4v) is 5.28. The summed E-state index contributed by atoms with van der Waals surface area (Å²) in [4.78, 5) is 8.11. The molecule has 1 saturated carbocycles. The lowest BCUT2D eigenvalue weighted by Crippen LogP contribution is -2.26. The van der Waals surface area contributed by atoms with Crippen LogP contribution in [0.5, 0.6) is 0 Å². The van der Waals surface area contributed by atoms with Gasteiger partial charge in [-0.25, -0.2) is 35.7 Å². The second-order valence-corrected chi connectivity index (χ2v) is 12.0. The second kappa shape index (κ2) is 10.2. The molecule has 10 nitrogen and oxygen atoms in total. The third kappa shape index (κ3) is 6.94. The topological polar surface area (TPSA) is 142 Å². The number of hydrogen-bond donors (Lipinski definition) is 4. The largest absolute Gasteiger partial charge is 0.338 e. The van der Waals surface area contributed by atoms with Crippen LogP contribution in [0.25, 0.3) is 0 Å². The number of nitrogens with one attached hydrogen (secondary N) is 4. The van der Waals surface area contributed by atoms with E-state index in [1.165, 1.54) is 7.05 Å². The lowest BCUT2D eigenvalue weighted by atomic mass is 10.2. The van der Waals surface area contributed by atoms with Crippen LogP contribution in [-0.2, 0) is 32.3 Å². The van der Waals surface area contributed by atoms with E-state index in [1.54, 1.807) is 48.5 Å². The van der Waals surface area contributed by atoms with E-state index >= 15 is 0 Å². The summed E-state index contributed by atoms with van der Waals surface area (Å²) in [5.41, 5.74) is 2.55. The van der Waals surface area contributed by atoms with Gasteiger partial charge >= 0.3 is 0 Å². The maximum atomic E-state index is 14.3. The number of rotatable bonds is 11. The SMILES string of the molecule is CNS(=O)(=O)Cc1ccc(Nc2ncc(F)c(Nc3ccc(CNS(=O)(=O)C4CC4)cc3)n2)cc1. The van der Waals surface area contributed by atoms with Gasteiger partial charge in [0.15, 0.2) is 11.6 Å². The Morgan fingerprint density at radius 1 is 0.914 bits per heavy atom. The molecule has 186 valence electrons. The fourth-order valence-electron chi connectivity index (χ4n) is 3.14. The minimum atomic E-state index is -3.37. The highest BCUT2D eigenvalue weighted by molar-refractivity contribution is 7.90. The van der Waals surface area contributed by atoms with Crippen LogP contribution in [0.3, 0.4) is 0 Å². The van der Waals surface area contributed by atoms with Crippen molar-refractivity contribution in [1.29, 1.82) is 0 Å². The Bertz CT molecular complexity index is 1390. The highest BCUT2D eigenvalue weighted by Gasteiger charge is 2.35. The van der Waals surface area contributed by atoms with E-state index in [2.05, 4.69) is 30.0 Å². The van der Waals surface area contributed by atoms with Gasteiger partial charge in [-0.15, -0.1) is 0 Å². The molecule has 0 radical (unpaired) electrons. The molecule has 13 heteroatoms. The molecule has 1 aromatic heterocycles. The van der Waals surface area contributed by atoms with E-state index in [9.17, 15) is 21.2 Å². The van der Waals surface area contributed by atoms with Gasteiger partial charge < -0.3 is 10.6 Å². The molecule has 0 spiro atoms. The molecule has 0 bridgehead atoms. The van der Waals surface area contributed by atoms with Crippen LogP contribution in [0.1, 0.15) is 24.0 Å². The lowest BCUT2D eigenvalue weighted by molar-refractivity contribution is 0.579. The average molecular weight is 521 g/mol. The summed E-state index contributed by atoms with van der Waals surface area (Å²) in [7, 11) is -5.28. The average Bonchev–Trinajstić information content (AvgIpc) is 3.68. The van der Waals surface area contributed by atoms with Gasteiger partial charge in [0.2, 0.25) is 26.0 Å². The van der Waals surface area contributed by atoms with Gasteiger partial charge in [0.05, 0.1) is 17.2 Å². The van der Waals surface area contributed by atoms with Crippen LogP contribution in [-0.4, -0.2) is 39.1 Å². The zero-order valence-electron chi connectivity index (χ0n) is 18.8. The zero-order chi connectivity index (χ0) is 25.1. The second-order valence-electron chi connectivity index (χ2n) is 8.06. The predicted molar refractivity (Wildman–Crippen MR) is 132 cm³/mol. The number of sulfonamides is 2. The normalized spacial score (nSPS) is 14.0. The summed E-state index contributed by atoms with van der Waals surface area (Å²) in [5, 5.41) is 5.57. The molecule has 1 heterocycles. The lowest BCUT2D eigenvalue weighted by Gasteiger charge is -2.11. The van der Waals surface area contributed by atoms with Gasteiger partial charge in [0.25, 0.3) is 0 Å². The molecule has 1 aliphatic rings. The summed E-state index contributed by atoms with van der Waals surface area (Å²) in [6.45, 7) is 0.189.